The molecule has 3 rings (SSSR count). The van der Waals surface area contributed by atoms with Crippen molar-refractivity contribution in [2.24, 2.45) is 0 Å². The normalized spacial score (nSPS) is 11.2. The molecule has 0 radical (unpaired) electrons. The fourth-order valence-corrected chi connectivity index (χ4v) is 3.83. The van der Waals surface area contributed by atoms with Crippen molar-refractivity contribution in [1.29, 1.82) is 0 Å². The van der Waals surface area contributed by atoms with Crippen LogP contribution in [0.25, 0.3) is 0 Å². The van der Waals surface area contributed by atoms with E-state index in [1.807, 2.05) is 30.3 Å². The summed E-state index contributed by atoms with van der Waals surface area (Å²) in [5.74, 6) is -2.00. The highest BCUT2D eigenvalue weighted by Gasteiger charge is 2.16. The summed E-state index contributed by atoms with van der Waals surface area (Å²) in [6.45, 7) is 1.36. The Hall–Kier alpha value is -3.30. The molecule has 0 fully saturated rings. The van der Waals surface area contributed by atoms with Crippen molar-refractivity contribution in [3.05, 3.63) is 89.5 Å². The summed E-state index contributed by atoms with van der Waals surface area (Å²) < 4.78 is 59.5. The van der Waals surface area contributed by atoms with Crippen LogP contribution >= 0.6 is 0 Å². The highest BCUT2D eigenvalue weighted by molar-refractivity contribution is 7.89. The lowest BCUT2D eigenvalue weighted by molar-refractivity contribution is -0.118. The van der Waals surface area contributed by atoms with E-state index in [0.717, 1.165) is 17.7 Å². The maximum Gasteiger partial charge on any atom is 0.262 e. The molecule has 0 aliphatic rings. The van der Waals surface area contributed by atoms with Gasteiger partial charge in [-0.05, 0) is 48.4 Å². The van der Waals surface area contributed by atoms with Crippen molar-refractivity contribution in [2.45, 2.75) is 18.4 Å². The lowest BCUT2D eigenvalue weighted by Gasteiger charge is -2.12. The molecule has 31 heavy (non-hydrogen) atoms. The predicted molar refractivity (Wildman–Crippen MR) is 112 cm³/mol. The minimum atomic E-state index is -3.74. The molecular weight excluding hydrogens is 426 g/mol. The van der Waals surface area contributed by atoms with Crippen LogP contribution in [-0.2, 0) is 21.4 Å². The van der Waals surface area contributed by atoms with Crippen molar-refractivity contribution < 1.29 is 26.7 Å². The topological polar surface area (TPSA) is 84.5 Å². The van der Waals surface area contributed by atoms with E-state index in [1.54, 1.807) is 6.92 Å². The number of amides is 1. The number of sulfonamides is 1. The Bertz CT molecular complexity index is 1190. The van der Waals surface area contributed by atoms with Gasteiger partial charge >= 0.3 is 0 Å². The molecule has 0 aromatic heterocycles. The number of carbonyl (C=O) groups is 1. The Kier molecular flexibility index (Phi) is 6.98. The first-order valence-electron chi connectivity index (χ1n) is 9.26. The quantitative estimate of drug-likeness (QED) is 0.552. The van der Waals surface area contributed by atoms with Crippen LogP contribution in [0.4, 0.5) is 14.5 Å². The number of aryl methyl sites for hydroxylation is 1. The number of rotatable bonds is 8. The molecule has 3 aromatic carbocycles. The zero-order valence-electron chi connectivity index (χ0n) is 16.6. The standard InChI is InChI=1S/C22H20F2N2O4S/c1-15-11-18(31(28,29)25-13-16-5-3-2-4-6-16)8-10-21(15)30-14-22(27)26-20-9-7-17(23)12-19(20)24/h2-12,25H,13-14H2,1H3,(H,26,27). The molecule has 0 saturated carbocycles. The Labute approximate surface area is 178 Å². The van der Waals surface area contributed by atoms with Gasteiger partial charge in [-0.1, -0.05) is 30.3 Å². The van der Waals surface area contributed by atoms with Crippen LogP contribution in [0.15, 0.2) is 71.6 Å². The number of anilines is 1. The summed E-state index contributed by atoms with van der Waals surface area (Å²) >= 11 is 0. The second-order valence-electron chi connectivity index (χ2n) is 6.70. The zero-order chi connectivity index (χ0) is 22.4. The Morgan fingerprint density at radius 1 is 1.00 bits per heavy atom. The third kappa shape index (κ3) is 6.09. The molecule has 0 aliphatic carbocycles. The van der Waals surface area contributed by atoms with Crippen molar-refractivity contribution in [1.82, 2.24) is 4.72 Å². The number of hydrogen-bond acceptors (Lipinski definition) is 4. The van der Waals surface area contributed by atoms with Gasteiger partial charge in [0.15, 0.2) is 6.61 Å². The van der Waals surface area contributed by atoms with Crippen LogP contribution in [0.1, 0.15) is 11.1 Å². The Morgan fingerprint density at radius 3 is 2.42 bits per heavy atom. The van der Waals surface area contributed by atoms with Gasteiger partial charge in [-0.2, -0.15) is 0 Å². The predicted octanol–water partition coefficient (Wildman–Crippen LogP) is 3.77. The number of halogens is 2. The van der Waals surface area contributed by atoms with Gasteiger partial charge in [0.1, 0.15) is 17.4 Å². The average Bonchev–Trinajstić information content (AvgIpc) is 2.74. The van der Waals surface area contributed by atoms with Gasteiger partial charge in [-0.3, -0.25) is 4.79 Å². The first-order valence-corrected chi connectivity index (χ1v) is 10.7. The molecule has 0 atom stereocenters. The second-order valence-corrected chi connectivity index (χ2v) is 8.47. The average molecular weight is 446 g/mol. The summed E-state index contributed by atoms with van der Waals surface area (Å²) in [6.07, 6.45) is 0. The maximum absolute atomic E-state index is 13.6. The second kappa shape index (κ2) is 9.67. The molecule has 0 heterocycles. The van der Waals surface area contributed by atoms with Gasteiger partial charge in [-0.25, -0.2) is 21.9 Å². The molecule has 162 valence electrons. The van der Waals surface area contributed by atoms with Gasteiger partial charge in [0.2, 0.25) is 10.0 Å². The first-order chi connectivity index (χ1) is 14.7. The Morgan fingerprint density at radius 2 is 1.74 bits per heavy atom. The van der Waals surface area contributed by atoms with E-state index in [0.29, 0.717) is 17.4 Å². The van der Waals surface area contributed by atoms with Gasteiger partial charge in [0.25, 0.3) is 5.91 Å². The monoisotopic (exact) mass is 446 g/mol. The van der Waals surface area contributed by atoms with E-state index in [4.69, 9.17) is 4.74 Å². The summed E-state index contributed by atoms with van der Waals surface area (Å²) in [5, 5.41) is 2.28. The maximum atomic E-state index is 13.6. The van der Waals surface area contributed by atoms with Crippen LogP contribution in [-0.4, -0.2) is 20.9 Å². The van der Waals surface area contributed by atoms with E-state index in [2.05, 4.69) is 10.0 Å². The van der Waals surface area contributed by atoms with Crippen LogP contribution in [0, 0.1) is 18.6 Å². The molecule has 0 aliphatic heterocycles. The molecule has 9 heteroatoms. The van der Waals surface area contributed by atoms with Gasteiger partial charge in [-0.15, -0.1) is 0 Å². The van der Waals surface area contributed by atoms with E-state index in [-0.39, 0.29) is 17.1 Å². The summed E-state index contributed by atoms with van der Waals surface area (Å²) in [6, 6.07) is 16.1. The van der Waals surface area contributed by atoms with Crippen LogP contribution in [0.3, 0.4) is 0 Å². The van der Waals surface area contributed by atoms with Crippen LogP contribution in [0.2, 0.25) is 0 Å². The molecular formula is C22H20F2N2O4S. The summed E-state index contributed by atoms with van der Waals surface area (Å²) in [4.78, 5) is 12.0. The third-order valence-corrected chi connectivity index (χ3v) is 5.73. The van der Waals surface area contributed by atoms with Crippen molar-refractivity contribution in [3.63, 3.8) is 0 Å². The molecule has 0 spiro atoms. The molecule has 6 nitrogen and oxygen atoms in total. The largest absolute Gasteiger partial charge is 0.483 e. The number of hydrogen-bond donors (Lipinski definition) is 2. The van der Waals surface area contributed by atoms with E-state index in [1.165, 1.54) is 18.2 Å². The highest BCUT2D eigenvalue weighted by Crippen LogP contribution is 2.22. The zero-order valence-corrected chi connectivity index (χ0v) is 17.4. The first kappa shape index (κ1) is 22.4. The SMILES string of the molecule is Cc1cc(S(=O)(=O)NCc2ccccc2)ccc1OCC(=O)Nc1ccc(F)cc1F. The Balaban J connectivity index is 1.60. The number of ether oxygens (including phenoxy) is 1. The number of nitrogens with one attached hydrogen (secondary N) is 2. The minimum Gasteiger partial charge on any atom is -0.483 e. The van der Waals surface area contributed by atoms with E-state index >= 15 is 0 Å². The van der Waals surface area contributed by atoms with Crippen molar-refractivity contribution >= 4 is 21.6 Å². The van der Waals surface area contributed by atoms with E-state index < -0.39 is 34.2 Å². The molecule has 1 amide bonds. The summed E-state index contributed by atoms with van der Waals surface area (Å²) in [5.41, 5.74) is 1.16. The van der Waals surface area contributed by atoms with Crippen LogP contribution in [0.5, 0.6) is 5.75 Å². The van der Waals surface area contributed by atoms with Crippen LogP contribution < -0.4 is 14.8 Å². The molecule has 0 bridgehead atoms. The smallest absolute Gasteiger partial charge is 0.262 e. The molecule has 0 unspecified atom stereocenters. The van der Waals surface area contributed by atoms with Crippen molar-refractivity contribution in [2.75, 3.05) is 11.9 Å². The number of benzene rings is 3. The van der Waals surface area contributed by atoms with Crippen molar-refractivity contribution in [3.8, 4) is 5.75 Å². The van der Waals surface area contributed by atoms with Gasteiger partial charge in [0, 0.05) is 12.6 Å². The lowest BCUT2D eigenvalue weighted by Crippen LogP contribution is -2.23. The molecule has 0 saturated heterocycles. The van der Waals surface area contributed by atoms with Gasteiger partial charge < -0.3 is 10.1 Å². The minimum absolute atomic E-state index is 0.0612. The molecule has 2 N–H and O–H groups in total. The lowest BCUT2D eigenvalue weighted by atomic mass is 10.2. The van der Waals surface area contributed by atoms with Gasteiger partial charge in [0.05, 0.1) is 10.6 Å². The number of carbonyl (C=O) groups excluding carboxylic acids is 1. The summed E-state index contributed by atoms with van der Waals surface area (Å²) in [7, 11) is -3.74. The third-order valence-electron chi connectivity index (χ3n) is 4.33. The molecule has 3 aromatic rings. The highest BCUT2D eigenvalue weighted by atomic mass is 32.2. The fraction of sp³-hybridized carbons (Fsp3) is 0.136. The van der Waals surface area contributed by atoms with E-state index in [9.17, 15) is 22.0 Å². The fourth-order valence-electron chi connectivity index (χ4n) is 2.73.